The maximum absolute atomic E-state index is 12.6. The number of hydrogen-bond acceptors (Lipinski definition) is 4. The molecule has 0 unspecified atom stereocenters. The van der Waals surface area contributed by atoms with E-state index in [0.29, 0.717) is 25.3 Å². The fraction of sp³-hybridized carbons (Fsp3) is 0.438. The molecular weight excluding hydrogens is 280 g/mol. The summed E-state index contributed by atoms with van der Waals surface area (Å²) in [7, 11) is 0. The lowest BCUT2D eigenvalue weighted by atomic mass is 10.1. The third kappa shape index (κ3) is 3.17. The van der Waals surface area contributed by atoms with Gasteiger partial charge in [-0.15, -0.1) is 0 Å². The molecular formula is C16H20N4O2. The molecule has 1 saturated heterocycles. The molecule has 1 aliphatic heterocycles. The van der Waals surface area contributed by atoms with Crippen LogP contribution in [0.4, 0.5) is 0 Å². The largest absolute Gasteiger partial charge is 0.375 e. The van der Waals surface area contributed by atoms with Crippen LogP contribution in [0.2, 0.25) is 0 Å². The van der Waals surface area contributed by atoms with Crippen molar-refractivity contribution < 1.29 is 9.53 Å². The van der Waals surface area contributed by atoms with E-state index in [1.807, 2.05) is 43.0 Å². The van der Waals surface area contributed by atoms with Gasteiger partial charge in [-0.3, -0.25) is 4.79 Å². The number of hydrogen-bond donors (Lipinski definition) is 0. The molecule has 1 aliphatic rings. The van der Waals surface area contributed by atoms with Crippen molar-refractivity contribution in [3.8, 4) is 0 Å². The molecule has 116 valence electrons. The Balaban J connectivity index is 1.70. The Hall–Kier alpha value is -2.21. The summed E-state index contributed by atoms with van der Waals surface area (Å²) >= 11 is 0. The molecule has 2 heterocycles. The highest BCUT2D eigenvalue weighted by molar-refractivity contribution is 5.94. The summed E-state index contributed by atoms with van der Waals surface area (Å²) in [6, 6.07) is 7.79. The van der Waals surface area contributed by atoms with Crippen molar-refractivity contribution in [1.82, 2.24) is 19.7 Å². The molecule has 0 N–H and O–H groups in total. The van der Waals surface area contributed by atoms with E-state index >= 15 is 0 Å². The van der Waals surface area contributed by atoms with Gasteiger partial charge in [-0.1, -0.05) is 12.1 Å². The quantitative estimate of drug-likeness (QED) is 0.863. The lowest BCUT2D eigenvalue weighted by Crippen LogP contribution is -2.50. The zero-order valence-corrected chi connectivity index (χ0v) is 12.8. The van der Waals surface area contributed by atoms with Gasteiger partial charge >= 0.3 is 0 Å². The molecule has 0 spiro atoms. The highest BCUT2D eigenvalue weighted by Crippen LogP contribution is 2.16. The number of morpholine rings is 1. The second-order valence-electron chi connectivity index (χ2n) is 5.74. The van der Waals surface area contributed by atoms with E-state index in [1.165, 1.54) is 6.33 Å². The zero-order valence-electron chi connectivity index (χ0n) is 12.8. The van der Waals surface area contributed by atoms with E-state index in [2.05, 4.69) is 10.1 Å². The van der Waals surface area contributed by atoms with Gasteiger partial charge in [0.1, 0.15) is 12.7 Å². The molecule has 1 aromatic heterocycles. The van der Waals surface area contributed by atoms with Gasteiger partial charge in [-0.25, -0.2) is 9.67 Å². The number of ether oxygens (including phenoxy) is 1. The molecule has 0 saturated carbocycles. The molecule has 2 aromatic rings. The second-order valence-corrected chi connectivity index (χ2v) is 5.74. The van der Waals surface area contributed by atoms with Gasteiger partial charge in [0.05, 0.1) is 25.3 Å². The van der Waals surface area contributed by atoms with Crippen LogP contribution in [-0.2, 0) is 11.3 Å². The second kappa shape index (κ2) is 6.27. The normalized spacial score (nSPS) is 21.8. The summed E-state index contributed by atoms with van der Waals surface area (Å²) in [6.07, 6.45) is 3.28. The summed E-state index contributed by atoms with van der Waals surface area (Å²) in [5.41, 5.74) is 1.80. The molecule has 1 aromatic carbocycles. The van der Waals surface area contributed by atoms with Crippen LogP contribution in [0, 0.1) is 0 Å². The molecule has 6 heteroatoms. The SMILES string of the molecule is C[C@@H]1CO[C@@H](C)CN1C(=O)c1ccc(Cn2cncn2)cc1. The summed E-state index contributed by atoms with van der Waals surface area (Å²) in [4.78, 5) is 18.4. The first-order valence-corrected chi connectivity index (χ1v) is 7.47. The molecule has 6 nitrogen and oxygen atoms in total. The third-order valence-corrected chi connectivity index (χ3v) is 3.88. The maximum atomic E-state index is 12.6. The van der Waals surface area contributed by atoms with E-state index < -0.39 is 0 Å². The lowest BCUT2D eigenvalue weighted by Gasteiger charge is -2.36. The molecule has 0 aliphatic carbocycles. The summed E-state index contributed by atoms with van der Waals surface area (Å²) in [6.45, 7) is 5.90. The number of benzene rings is 1. The van der Waals surface area contributed by atoms with Crippen LogP contribution in [-0.4, -0.2) is 50.9 Å². The monoisotopic (exact) mass is 300 g/mol. The van der Waals surface area contributed by atoms with Crippen molar-refractivity contribution in [3.63, 3.8) is 0 Å². The van der Waals surface area contributed by atoms with Crippen molar-refractivity contribution in [2.75, 3.05) is 13.2 Å². The van der Waals surface area contributed by atoms with Gasteiger partial charge < -0.3 is 9.64 Å². The Kier molecular flexibility index (Phi) is 4.20. The number of amides is 1. The Morgan fingerprint density at radius 1 is 1.32 bits per heavy atom. The average molecular weight is 300 g/mol. The standard InChI is InChI=1S/C16H20N4O2/c1-12-9-22-13(2)7-20(12)16(21)15-5-3-14(4-6-15)8-19-11-17-10-18-19/h3-6,10-13H,7-9H2,1-2H3/t12-,13+/m1/s1. The molecule has 2 atom stereocenters. The molecule has 22 heavy (non-hydrogen) atoms. The highest BCUT2D eigenvalue weighted by Gasteiger charge is 2.28. The molecule has 3 rings (SSSR count). The fourth-order valence-electron chi connectivity index (χ4n) is 2.61. The van der Waals surface area contributed by atoms with Gasteiger partial charge in [0, 0.05) is 12.1 Å². The number of carbonyl (C=O) groups is 1. The summed E-state index contributed by atoms with van der Waals surface area (Å²) in [5.74, 6) is 0.0648. The van der Waals surface area contributed by atoms with Gasteiger partial charge in [-0.2, -0.15) is 5.10 Å². The Morgan fingerprint density at radius 2 is 2.09 bits per heavy atom. The number of nitrogens with zero attached hydrogens (tertiary/aromatic N) is 4. The van der Waals surface area contributed by atoms with Crippen molar-refractivity contribution in [2.45, 2.75) is 32.5 Å². The Labute approximate surface area is 129 Å². The first-order chi connectivity index (χ1) is 10.6. The summed E-state index contributed by atoms with van der Waals surface area (Å²) < 4.78 is 7.33. The van der Waals surface area contributed by atoms with Crippen LogP contribution in [0.5, 0.6) is 0 Å². The Morgan fingerprint density at radius 3 is 2.77 bits per heavy atom. The van der Waals surface area contributed by atoms with Crippen LogP contribution in [0.3, 0.4) is 0 Å². The minimum absolute atomic E-state index is 0.0648. The predicted molar refractivity (Wildman–Crippen MR) is 81.5 cm³/mol. The lowest BCUT2D eigenvalue weighted by molar-refractivity contribution is -0.0387. The Bertz CT molecular complexity index is 624. The van der Waals surface area contributed by atoms with Crippen molar-refractivity contribution in [3.05, 3.63) is 48.0 Å². The van der Waals surface area contributed by atoms with Gasteiger partial charge in [0.25, 0.3) is 5.91 Å². The van der Waals surface area contributed by atoms with Crippen LogP contribution in [0.1, 0.15) is 29.8 Å². The first kappa shape index (κ1) is 14.7. The van der Waals surface area contributed by atoms with Crippen LogP contribution in [0.15, 0.2) is 36.9 Å². The minimum atomic E-state index is 0.0648. The molecule has 0 radical (unpaired) electrons. The van der Waals surface area contributed by atoms with Crippen LogP contribution < -0.4 is 0 Å². The van der Waals surface area contributed by atoms with E-state index in [9.17, 15) is 4.79 Å². The average Bonchev–Trinajstić information content (AvgIpc) is 3.03. The molecule has 0 bridgehead atoms. The van der Waals surface area contributed by atoms with Crippen molar-refractivity contribution in [1.29, 1.82) is 0 Å². The molecule has 1 amide bonds. The summed E-state index contributed by atoms with van der Waals surface area (Å²) in [5, 5.41) is 4.08. The number of aromatic nitrogens is 3. The minimum Gasteiger partial charge on any atom is -0.375 e. The van der Waals surface area contributed by atoms with E-state index in [0.717, 1.165) is 5.56 Å². The van der Waals surface area contributed by atoms with Gasteiger partial charge in [0.15, 0.2) is 0 Å². The third-order valence-electron chi connectivity index (χ3n) is 3.88. The van der Waals surface area contributed by atoms with Crippen molar-refractivity contribution in [2.24, 2.45) is 0 Å². The van der Waals surface area contributed by atoms with Gasteiger partial charge in [-0.05, 0) is 31.5 Å². The zero-order chi connectivity index (χ0) is 15.5. The van der Waals surface area contributed by atoms with Gasteiger partial charge in [0.2, 0.25) is 0 Å². The highest BCUT2D eigenvalue weighted by atomic mass is 16.5. The number of rotatable bonds is 3. The van der Waals surface area contributed by atoms with Crippen molar-refractivity contribution >= 4 is 5.91 Å². The fourth-order valence-corrected chi connectivity index (χ4v) is 2.61. The van der Waals surface area contributed by atoms with E-state index in [4.69, 9.17) is 4.74 Å². The molecule has 1 fully saturated rings. The van der Waals surface area contributed by atoms with Crippen LogP contribution in [0.25, 0.3) is 0 Å². The van der Waals surface area contributed by atoms with Crippen LogP contribution >= 0.6 is 0 Å². The first-order valence-electron chi connectivity index (χ1n) is 7.47. The topological polar surface area (TPSA) is 60.2 Å². The smallest absolute Gasteiger partial charge is 0.254 e. The maximum Gasteiger partial charge on any atom is 0.254 e. The van der Waals surface area contributed by atoms with E-state index in [1.54, 1.807) is 11.0 Å². The van der Waals surface area contributed by atoms with E-state index in [-0.39, 0.29) is 18.1 Å². The number of carbonyl (C=O) groups excluding carboxylic acids is 1. The predicted octanol–water partition coefficient (Wildman–Crippen LogP) is 1.58.